The number of hydrogen-bond acceptors (Lipinski definition) is 3. The molecule has 112 valence electrons. The van der Waals surface area contributed by atoms with E-state index >= 15 is 0 Å². The van der Waals surface area contributed by atoms with Crippen molar-refractivity contribution in [2.24, 2.45) is 0 Å². The van der Waals surface area contributed by atoms with Gasteiger partial charge in [0.25, 0.3) is 0 Å². The van der Waals surface area contributed by atoms with Crippen LogP contribution in [0.2, 0.25) is 0 Å². The fraction of sp³-hybridized carbons (Fsp3) is 0.600. The molecule has 1 aliphatic heterocycles. The molecular weight excluding hydrogens is 280 g/mol. The minimum atomic E-state index is -2.77. The average Bonchev–Trinajstić information content (AvgIpc) is 2.45. The summed E-state index contributed by atoms with van der Waals surface area (Å²) < 4.78 is 28.8. The maximum absolute atomic E-state index is 12.2. The molecule has 2 rings (SSSR count). The van der Waals surface area contributed by atoms with Gasteiger partial charge < -0.3 is 10.1 Å². The highest BCUT2D eigenvalue weighted by Gasteiger charge is 2.15. The van der Waals surface area contributed by atoms with Crippen LogP contribution in [0, 0.1) is 0 Å². The first-order valence-electron chi connectivity index (χ1n) is 7.05. The van der Waals surface area contributed by atoms with Gasteiger partial charge in [-0.1, -0.05) is 18.6 Å². The van der Waals surface area contributed by atoms with Gasteiger partial charge in [-0.3, -0.25) is 0 Å². The Kier molecular flexibility index (Phi) is 6.10. The highest BCUT2D eigenvalue weighted by atomic mass is 32.2. The lowest BCUT2D eigenvalue weighted by Crippen LogP contribution is -2.29. The lowest BCUT2D eigenvalue weighted by molar-refractivity contribution is -0.0499. The number of hydrogen-bond donors (Lipinski definition) is 1. The van der Waals surface area contributed by atoms with E-state index in [1.54, 1.807) is 18.2 Å². The molecule has 1 saturated heterocycles. The van der Waals surface area contributed by atoms with Crippen molar-refractivity contribution in [3.8, 4) is 5.75 Å². The van der Waals surface area contributed by atoms with Crippen LogP contribution in [0.5, 0.6) is 5.75 Å². The molecule has 0 aromatic heterocycles. The van der Waals surface area contributed by atoms with Crippen LogP contribution in [-0.2, 0) is 0 Å². The van der Waals surface area contributed by atoms with Gasteiger partial charge in [0.15, 0.2) is 0 Å². The Balaban J connectivity index is 1.86. The normalized spacial score (nSPS) is 20.9. The van der Waals surface area contributed by atoms with Crippen molar-refractivity contribution in [3.63, 3.8) is 0 Å². The molecule has 0 amide bonds. The van der Waals surface area contributed by atoms with Crippen molar-refractivity contribution in [1.29, 1.82) is 0 Å². The second-order valence-electron chi connectivity index (χ2n) is 5.07. The third-order valence-electron chi connectivity index (χ3n) is 3.51. The second-order valence-corrected chi connectivity index (χ2v) is 6.48. The lowest BCUT2D eigenvalue weighted by Gasteiger charge is -2.24. The maximum atomic E-state index is 12.2. The summed E-state index contributed by atoms with van der Waals surface area (Å²) in [7, 11) is 0. The summed E-state index contributed by atoms with van der Waals surface area (Å²) in [6.45, 7) is 0.243. The monoisotopic (exact) mass is 301 g/mol. The second kappa shape index (κ2) is 7.84. The fourth-order valence-corrected chi connectivity index (χ4v) is 3.61. The van der Waals surface area contributed by atoms with Crippen LogP contribution in [0.4, 0.5) is 8.78 Å². The van der Waals surface area contributed by atoms with Crippen LogP contribution < -0.4 is 10.1 Å². The third kappa shape index (κ3) is 4.94. The van der Waals surface area contributed by atoms with Gasteiger partial charge in [-0.15, -0.1) is 0 Å². The fourth-order valence-electron chi connectivity index (χ4n) is 2.35. The predicted octanol–water partition coefficient (Wildman–Crippen LogP) is 4.22. The summed E-state index contributed by atoms with van der Waals surface area (Å²) >= 11 is 2.03. The standard InChI is InChI=1S/C15H21F2NOS/c1-11(18-10-14-7-2-3-8-20-14)12-5-4-6-13(9-12)19-15(16)17/h4-6,9,11,14-15,18H,2-3,7-8,10H2,1H3. The molecule has 2 nitrogen and oxygen atoms in total. The van der Waals surface area contributed by atoms with Crippen molar-refractivity contribution in [2.75, 3.05) is 12.3 Å². The third-order valence-corrected chi connectivity index (χ3v) is 4.91. The predicted molar refractivity (Wildman–Crippen MR) is 79.6 cm³/mol. The van der Waals surface area contributed by atoms with Crippen LogP contribution in [0.3, 0.4) is 0 Å². The highest BCUT2D eigenvalue weighted by molar-refractivity contribution is 7.99. The van der Waals surface area contributed by atoms with Crippen molar-refractivity contribution in [2.45, 2.75) is 44.1 Å². The molecule has 1 aromatic carbocycles. The van der Waals surface area contributed by atoms with E-state index in [0.717, 1.165) is 12.1 Å². The number of ether oxygens (including phenoxy) is 1. The van der Waals surface area contributed by atoms with E-state index in [-0.39, 0.29) is 11.8 Å². The number of alkyl halides is 2. The quantitative estimate of drug-likeness (QED) is 0.850. The number of halogens is 2. The zero-order valence-electron chi connectivity index (χ0n) is 11.6. The molecule has 0 saturated carbocycles. The van der Waals surface area contributed by atoms with Crippen LogP contribution in [0.15, 0.2) is 24.3 Å². The summed E-state index contributed by atoms with van der Waals surface area (Å²) in [5.74, 6) is 1.47. The zero-order chi connectivity index (χ0) is 14.4. The Hall–Kier alpha value is -0.810. The van der Waals surface area contributed by atoms with E-state index in [4.69, 9.17) is 0 Å². The van der Waals surface area contributed by atoms with Crippen LogP contribution in [-0.4, -0.2) is 24.2 Å². The molecule has 0 spiro atoms. The summed E-state index contributed by atoms with van der Waals surface area (Å²) in [5.41, 5.74) is 0.976. The van der Waals surface area contributed by atoms with E-state index in [2.05, 4.69) is 17.0 Å². The smallest absolute Gasteiger partial charge is 0.387 e. The zero-order valence-corrected chi connectivity index (χ0v) is 12.5. The summed E-state index contributed by atoms with van der Waals surface area (Å²) in [5, 5.41) is 4.16. The van der Waals surface area contributed by atoms with E-state index in [1.807, 2.05) is 17.8 Å². The van der Waals surface area contributed by atoms with Gasteiger partial charge in [0.1, 0.15) is 5.75 Å². The van der Waals surface area contributed by atoms with Gasteiger partial charge in [-0.2, -0.15) is 20.5 Å². The van der Waals surface area contributed by atoms with Crippen LogP contribution >= 0.6 is 11.8 Å². The number of thioether (sulfide) groups is 1. The van der Waals surface area contributed by atoms with E-state index in [9.17, 15) is 8.78 Å². The van der Waals surface area contributed by atoms with Crippen LogP contribution in [0.25, 0.3) is 0 Å². The first-order chi connectivity index (χ1) is 9.65. The SMILES string of the molecule is CC(NCC1CCCCS1)c1cccc(OC(F)F)c1. The van der Waals surface area contributed by atoms with Crippen molar-refractivity contribution in [3.05, 3.63) is 29.8 Å². The van der Waals surface area contributed by atoms with Gasteiger partial charge >= 0.3 is 6.61 Å². The Morgan fingerprint density at radius 1 is 1.40 bits per heavy atom. The van der Waals surface area contributed by atoms with Gasteiger partial charge in [0.05, 0.1) is 0 Å². The molecule has 1 N–H and O–H groups in total. The van der Waals surface area contributed by atoms with Gasteiger partial charge in [0.2, 0.25) is 0 Å². The molecule has 1 fully saturated rings. The lowest BCUT2D eigenvalue weighted by atomic mass is 10.1. The Morgan fingerprint density at radius 2 is 2.25 bits per heavy atom. The van der Waals surface area contributed by atoms with Crippen molar-refractivity contribution >= 4 is 11.8 Å². The largest absolute Gasteiger partial charge is 0.435 e. The Morgan fingerprint density at radius 3 is 2.95 bits per heavy atom. The number of benzene rings is 1. The number of rotatable bonds is 6. The van der Waals surface area contributed by atoms with Crippen LogP contribution in [0.1, 0.15) is 37.8 Å². The van der Waals surface area contributed by atoms with Gasteiger partial charge in [0, 0.05) is 17.8 Å². The first-order valence-corrected chi connectivity index (χ1v) is 8.10. The molecule has 2 atom stereocenters. The molecule has 20 heavy (non-hydrogen) atoms. The van der Waals surface area contributed by atoms with E-state index in [1.165, 1.54) is 25.0 Å². The molecule has 1 aromatic rings. The first kappa shape index (κ1) is 15.6. The van der Waals surface area contributed by atoms with Crippen molar-refractivity contribution in [1.82, 2.24) is 5.32 Å². The Labute approximate surface area is 123 Å². The van der Waals surface area contributed by atoms with Gasteiger partial charge in [-0.25, -0.2) is 0 Å². The van der Waals surface area contributed by atoms with Gasteiger partial charge in [-0.05, 0) is 43.2 Å². The average molecular weight is 301 g/mol. The minimum absolute atomic E-state index is 0.138. The molecule has 2 unspecified atom stereocenters. The van der Waals surface area contributed by atoms with Crippen molar-refractivity contribution < 1.29 is 13.5 Å². The Bertz CT molecular complexity index is 411. The maximum Gasteiger partial charge on any atom is 0.387 e. The number of nitrogens with one attached hydrogen (secondary N) is 1. The van der Waals surface area contributed by atoms with E-state index in [0.29, 0.717) is 5.25 Å². The summed E-state index contributed by atoms with van der Waals surface area (Å²) in [4.78, 5) is 0. The topological polar surface area (TPSA) is 21.3 Å². The minimum Gasteiger partial charge on any atom is -0.435 e. The summed E-state index contributed by atoms with van der Waals surface area (Å²) in [6.07, 6.45) is 3.90. The molecule has 5 heteroatoms. The molecular formula is C15H21F2NOS. The molecule has 0 bridgehead atoms. The molecule has 1 heterocycles. The molecule has 0 aliphatic carbocycles. The molecule has 1 aliphatic rings. The summed E-state index contributed by atoms with van der Waals surface area (Å²) in [6, 6.07) is 7.06. The highest BCUT2D eigenvalue weighted by Crippen LogP contribution is 2.26. The molecule has 0 radical (unpaired) electrons. The van der Waals surface area contributed by atoms with E-state index < -0.39 is 6.61 Å².